The minimum Gasteiger partial charge on any atom is -0.508 e. The van der Waals surface area contributed by atoms with Crippen LogP contribution in [0.25, 0.3) is 0 Å². The minimum absolute atomic E-state index is 0.00575. The maximum absolute atomic E-state index is 12.7. The number of ether oxygens (including phenoxy) is 2. The van der Waals surface area contributed by atoms with Crippen LogP contribution >= 0.6 is 0 Å². The molecule has 2 N–H and O–H groups in total. The molecule has 10 heteroatoms. The Morgan fingerprint density at radius 1 is 1.10 bits per heavy atom. The Morgan fingerprint density at radius 3 is 2.48 bits per heavy atom. The van der Waals surface area contributed by atoms with Gasteiger partial charge >= 0.3 is 5.97 Å². The van der Waals surface area contributed by atoms with E-state index >= 15 is 0 Å². The fourth-order valence-corrected chi connectivity index (χ4v) is 4.13. The van der Waals surface area contributed by atoms with Gasteiger partial charge in [0.2, 0.25) is 10.0 Å². The first-order chi connectivity index (χ1) is 13.9. The van der Waals surface area contributed by atoms with E-state index in [1.54, 1.807) is 0 Å². The number of amides is 1. The van der Waals surface area contributed by atoms with Crippen LogP contribution in [0.1, 0.15) is 10.4 Å². The molecule has 0 radical (unpaired) electrons. The second-order valence-electron chi connectivity index (χ2n) is 6.22. The van der Waals surface area contributed by atoms with Crippen molar-refractivity contribution in [2.24, 2.45) is 0 Å². The number of carbonyl (C=O) groups excluding carboxylic acids is 2. The number of rotatable bonds is 6. The van der Waals surface area contributed by atoms with E-state index in [2.05, 4.69) is 5.32 Å². The zero-order valence-corrected chi connectivity index (χ0v) is 16.2. The molecule has 0 saturated carbocycles. The summed E-state index contributed by atoms with van der Waals surface area (Å²) in [5.41, 5.74) is 0.458. The van der Waals surface area contributed by atoms with E-state index in [0.717, 1.165) is 0 Å². The van der Waals surface area contributed by atoms with Crippen molar-refractivity contribution in [2.75, 3.05) is 38.2 Å². The number of hydrogen-bond acceptors (Lipinski definition) is 7. The highest BCUT2D eigenvalue weighted by atomic mass is 32.2. The van der Waals surface area contributed by atoms with Crippen LogP contribution in [-0.4, -0.2) is 62.6 Å². The van der Waals surface area contributed by atoms with E-state index in [1.807, 2.05) is 0 Å². The summed E-state index contributed by atoms with van der Waals surface area (Å²) in [6, 6.07) is 11.3. The lowest BCUT2D eigenvalue weighted by Gasteiger charge is -2.26. The van der Waals surface area contributed by atoms with E-state index in [9.17, 15) is 23.1 Å². The molecule has 29 heavy (non-hydrogen) atoms. The molecule has 1 amide bonds. The van der Waals surface area contributed by atoms with Crippen LogP contribution in [0.5, 0.6) is 5.75 Å². The molecule has 154 valence electrons. The highest BCUT2D eigenvalue weighted by Crippen LogP contribution is 2.20. The summed E-state index contributed by atoms with van der Waals surface area (Å²) in [5.74, 6) is -1.33. The van der Waals surface area contributed by atoms with Gasteiger partial charge in [-0.15, -0.1) is 0 Å². The highest BCUT2D eigenvalue weighted by molar-refractivity contribution is 7.89. The third-order valence-electron chi connectivity index (χ3n) is 4.16. The maximum atomic E-state index is 12.7. The number of nitrogens with one attached hydrogen (secondary N) is 1. The lowest BCUT2D eigenvalue weighted by atomic mass is 10.2. The standard InChI is InChI=1S/C19H20N2O7S/c22-16-6-4-14(5-7-16)19(24)28-13-18(23)20-15-2-1-3-17(12-15)29(25,26)21-8-10-27-11-9-21/h1-7,12,22H,8-11,13H2,(H,20,23). The lowest BCUT2D eigenvalue weighted by molar-refractivity contribution is -0.119. The number of anilines is 1. The Kier molecular flexibility index (Phi) is 6.47. The van der Waals surface area contributed by atoms with Crippen molar-refractivity contribution in [3.8, 4) is 5.75 Å². The maximum Gasteiger partial charge on any atom is 0.338 e. The Bertz CT molecular complexity index is 984. The van der Waals surface area contributed by atoms with Gasteiger partial charge in [0.1, 0.15) is 5.75 Å². The number of phenolic OH excluding ortho intramolecular Hbond substituents is 1. The van der Waals surface area contributed by atoms with Gasteiger partial charge in [-0.05, 0) is 42.5 Å². The van der Waals surface area contributed by atoms with E-state index in [4.69, 9.17) is 9.47 Å². The van der Waals surface area contributed by atoms with Gasteiger partial charge < -0.3 is 19.9 Å². The average Bonchev–Trinajstić information content (AvgIpc) is 2.73. The number of phenols is 1. The Hall–Kier alpha value is -2.95. The first-order valence-corrected chi connectivity index (χ1v) is 10.2. The normalized spacial score (nSPS) is 14.9. The molecule has 0 spiro atoms. The number of nitrogens with zero attached hydrogens (tertiary/aromatic N) is 1. The third-order valence-corrected chi connectivity index (χ3v) is 6.06. The Balaban J connectivity index is 1.60. The summed E-state index contributed by atoms with van der Waals surface area (Å²) in [7, 11) is -3.69. The largest absolute Gasteiger partial charge is 0.508 e. The summed E-state index contributed by atoms with van der Waals surface area (Å²) in [6.45, 7) is 0.669. The quantitative estimate of drug-likeness (QED) is 0.674. The minimum atomic E-state index is -3.69. The van der Waals surface area contributed by atoms with Crippen molar-refractivity contribution < 1.29 is 32.6 Å². The summed E-state index contributed by atoms with van der Waals surface area (Å²) >= 11 is 0. The predicted molar refractivity (Wildman–Crippen MR) is 103 cm³/mol. The van der Waals surface area contributed by atoms with Gasteiger partial charge in [-0.2, -0.15) is 4.31 Å². The summed E-state index contributed by atoms with van der Waals surface area (Å²) in [4.78, 5) is 24.0. The first kappa shape index (κ1) is 20.8. The van der Waals surface area contributed by atoms with Gasteiger partial charge in [-0.1, -0.05) is 6.07 Å². The molecule has 1 aliphatic rings. The van der Waals surface area contributed by atoms with Crippen LogP contribution in [0.2, 0.25) is 0 Å². The number of esters is 1. The molecule has 2 aromatic rings. The van der Waals surface area contributed by atoms with Crippen LogP contribution in [-0.2, 0) is 24.3 Å². The van der Waals surface area contributed by atoms with Crippen LogP contribution in [0.4, 0.5) is 5.69 Å². The van der Waals surface area contributed by atoms with Crippen LogP contribution in [0.3, 0.4) is 0 Å². The molecule has 2 aromatic carbocycles. The zero-order valence-electron chi connectivity index (χ0n) is 15.4. The lowest BCUT2D eigenvalue weighted by Crippen LogP contribution is -2.40. The fourth-order valence-electron chi connectivity index (χ4n) is 2.68. The predicted octanol–water partition coefficient (Wildman–Crippen LogP) is 1.21. The van der Waals surface area contributed by atoms with Gasteiger partial charge in [0.05, 0.1) is 23.7 Å². The molecule has 0 aliphatic carbocycles. The van der Waals surface area contributed by atoms with Gasteiger partial charge in [0.25, 0.3) is 5.91 Å². The highest BCUT2D eigenvalue weighted by Gasteiger charge is 2.26. The number of aromatic hydroxyl groups is 1. The van der Waals surface area contributed by atoms with E-state index < -0.39 is 28.5 Å². The zero-order chi connectivity index (χ0) is 20.9. The fraction of sp³-hybridized carbons (Fsp3) is 0.263. The van der Waals surface area contributed by atoms with Crippen molar-refractivity contribution in [1.82, 2.24) is 4.31 Å². The van der Waals surface area contributed by atoms with Crippen molar-refractivity contribution in [3.63, 3.8) is 0 Å². The molecule has 0 atom stereocenters. The van der Waals surface area contributed by atoms with Crippen LogP contribution in [0, 0.1) is 0 Å². The number of hydrogen-bond donors (Lipinski definition) is 2. The molecule has 3 rings (SSSR count). The summed E-state index contributed by atoms with van der Waals surface area (Å²) in [6.07, 6.45) is 0. The van der Waals surface area contributed by atoms with Crippen molar-refractivity contribution in [3.05, 3.63) is 54.1 Å². The van der Waals surface area contributed by atoms with E-state index in [0.29, 0.717) is 13.2 Å². The Labute approximate surface area is 167 Å². The molecule has 0 unspecified atom stereocenters. The van der Waals surface area contributed by atoms with Crippen LogP contribution < -0.4 is 5.32 Å². The van der Waals surface area contributed by atoms with Gasteiger partial charge in [-0.3, -0.25) is 4.79 Å². The van der Waals surface area contributed by atoms with Crippen LogP contribution in [0.15, 0.2) is 53.4 Å². The molecule has 1 saturated heterocycles. The smallest absolute Gasteiger partial charge is 0.338 e. The van der Waals surface area contributed by atoms with Gasteiger partial charge in [0.15, 0.2) is 6.61 Å². The molecule has 0 bridgehead atoms. The topological polar surface area (TPSA) is 122 Å². The Morgan fingerprint density at radius 2 is 1.79 bits per heavy atom. The number of benzene rings is 2. The second kappa shape index (κ2) is 9.03. The van der Waals surface area contributed by atoms with E-state index in [1.165, 1.54) is 52.8 Å². The van der Waals surface area contributed by atoms with Crippen molar-refractivity contribution in [2.45, 2.75) is 4.90 Å². The third kappa shape index (κ3) is 5.31. The SMILES string of the molecule is O=C(COC(=O)c1ccc(O)cc1)Nc1cccc(S(=O)(=O)N2CCOCC2)c1. The number of carbonyl (C=O) groups is 2. The van der Waals surface area contributed by atoms with Crippen molar-refractivity contribution >= 4 is 27.6 Å². The number of sulfonamides is 1. The van der Waals surface area contributed by atoms with Gasteiger partial charge in [-0.25, -0.2) is 13.2 Å². The summed E-state index contributed by atoms with van der Waals surface area (Å²) in [5, 5.41) is 11.7. The number of morpholine rings is 1. The summed E-state index contributed by atoms with van der Waals surface area (Å²) < 4.78 is 36.8. The molecule has 1 fully saturated rings. The first-order valence-electron chi connectivity index (χ1n) is 8.80. The van der Waals surface area contributed by atoms with Crippen molar-refractivity contribution in [1.29, 1.82) is 0 Å². The molecular formula is C19H20N2O7S. The molecule has 1 aliphatic heterocycles. The van der Waals surface area contributed by atoms with E-state index in [-0.39, 0.29) is 35.0 Å². The average molecular weight is 420 g/mol. The molecule has 1 heterocycles. The second-order valence-corrected chi connectivity index (χ2v) is 8.15. The molecular weight excluding hydrogens is 400 g/mol. The monoisotopic (exact) mass is 420 g/mol. The molecule has 0 aromatic heterocycles. The van der Waals surface area contributed by atoms with Gasteiger partial charge in [0, 0.05) is 18.8 Å². The molecule has 9 nitrogen and oxygen atoms in total.